The Hall–Kier alpha value is -0.570. The molecule has 0 aromatic heterocycles. The van der Waals surface area contributed by atoms with E-state index >= 15 is 0 Å². The molecule has 0 unspecified atom stereocenters. The molecular weight excluding hydrogens is 176 g/mol. The van der Waals surface area contributed by atoms with E-state index in [4.69, 9.17) is 5.73 Å². The monoisotopic (exact) mass is 200 g/mol. The normalized spacial score (nSPS) is 14.3. The zero-order valence-corrected chi connectivity index (χ0v) is 10.3. The van der Waals surface area contributed by atoms with E-state index in [1.807, 2.05) is 46.4 Å². The zero-order valence-electron chi connectivity index (χ0n) is 10.3. The summed E-state index contributed by atoms with van der Waals surface area (Å²) in [6, 6.07) is -0.189. The predicted octanol–water partition coefficient (Wildman–Crippen LogP) is 1.62. The molecule has 0 aliphatic heterocycles. The summed E-state index contributed by atoms with van der Waals surface area (Å²) in [6.07, 6.45) is 0. The van der Waals surface area contributed by atoms with Crippen molar-refractivity contribution in [3.8, 4) is 0 Å². The van der Waals surface area contributed by atoms with E-state index in [0.29, 0.717) is 0 Å². The first-order valence-electron chi connectivity index (χ1n) is 5.27. The summed E-state index contributed by atoms with van der Waals surface area (Å²) in [6.45, 7) is 12.7. The maximum absolute atomic E-state index is 12.0. The first-order valence-corrected chi connectivity index (χ1v) is 5.27. The standard InChI is InChI=1S/C11H24N2O/c1-7-13(8(2)3)10(14)9(12)11(4,5)6/h8-9H,7,12H2,1-6H3/t9-/m1/s1. The molecule has 0 bridgehead atoms. The van der Waals surface area contributed by atoms with Crippen LogP contribution in [0.15, 0.2) is 0 Å². The number of amides is 1. The topological polar surface area (TPSA) is 46.3 Å². The SMILES string of the molecule is CCN(C(=O)[C@@H](N)C(C)(C)C)C(C)C. The van der Waals surface area contributed by atoms with Gasteiger partial charge in [0.2, 0.25) is 5.91 Å². The molecule has 84 valence electrons. The van der Waals surface area contributed by atoms with Crippen molar-refractivity contribution in [3.05, 3.63) is 0 Å². The Morgan fingerprint density at radius 2 is 1.79 bits per heavy atom. The van der Waals surface area contributed by atoms with Crippen LogP contribution in [-0.4, -0.2) is 29.4 Å². The summed E-state index contributed by atoms with van der Waals surface area (Å²) in [5, 5.41) is 0. The average Bonchev–Trinajstić information content (AvgIpc) is 2.01. The number of rotatable bonds is 3. The van der Waals surface area contributed by atoms with Crippen LogP contribution in [0, 0.1) is 5.41 Å². The molecule has 3 nitrogen and oxygen atoms in total. The largest absolute Gasteiger partial charge is 0.339 e. The molecule has 0 aliphatic carbocycles. The molecule has 0 aromatic carbocycles. The van der Waals surface area contributed by atoms with Crippen LogP contribution in [0.1, 0.15) is 41.5 Å². The van der Waals surface area contributed by atoms with Crippen LogP contribution >= 0.6 is 0 Å². The second-order valence-corrected chi connectivity index (χ2v) is 5.06. The van der Waals surface area contributed by atoms with E-state index in [2.05, 4.69) is 0 Å². The summed E-state index contributed by atoms with van der Waals surface area (Å²) < 4.78 is 0. The molecular formula is C11H24N2O. The third-order valence-electron chi connectivity index (χ3n) is 2.45. The van der Waals surface area contributed by atoms with E-state index in [9.17, 15) is 4.79 Å². The van der Waals surface area contributed by atoms with Crippen LogP contribution in [0.25, 0.3) is 0 Å². The number of hydrogen-bond donors (Lipinski definition) is 1. The van der Waals surface area contributed by atoms with Crippen LogP contribution in [0.4, 0.5) is 0 Å². The molecule has 0 radical (unpaired) electrons. The van der Waals surface area contributed by atoms with E-state index in [1.54, 1.807) is 0 Å². The highest BCUT2D eigenvalue weighted by molar-refractivity contribution is 5.82. The lowest BCUT2D eigenvalue weighted by Crippen LogP contribution is -2.52. The molecule has 1 amide bonds. The Labute approximate surface area is 87.6 Å². The molecule has 0 spiro atoms. The van der Waals surface area contributed by atoms with Crippen molar-refractivity contribution in [3.63, 3.8) is 0 Å². The fourth-order valence-electron chi connectivity index (χ4n) is 1.32. The quantitative estimate of drug-likeness (QED) is 0.752. The van der Waals surface area contributed by atoms with Crippen molar-refractivity contribution in [2.24, 2.45) is 11.1 Å². The van der Waals surface area contributed by atoms with Crippen LogP contribution in [0.2, 0.25) is 0 Å². The lowest BCUT2D eigenvalue weighted by Gasteiger charge is -2.33. The van der Waals surface area contributed by atoms with Gasteiger partial charge in [0.25, 0.3) is 0 Å². The van der Waals surface area contributed by atoms with Gasteiger partial charge in [-0.05, 0) is 26.2 Å². The summed E-state index contributed by atoms with van der Waals surface area (Å²) in [7, 11) is 0. The molecule has 0 heterocycles. The fraction of sp³-hybridized carbons (Fsp3) is 0.909. The highest BCUT2D eigenvalue weighted by atomic mass is 16.2. The van der Waals surface area contributed by atoms with Crippen molar-refractivity contribution in [2.75, 3.05) is 6.54 Å². The van der Waals surface area contributed by atoms with E-state index < -0.39 is 6.04 Å². The van der Waals surface area contributed by atoms with Crippen molar-refractivity contribution in [1.82, 2.24) is 4.90 Å². The third kappa shape index (κ3) is 3.29. The predicted molar refractivity (Wildman–Crippen MR) is 60.0 cm³/mol. The van der Waals surface area contributed by atoms with Gasteiger partial charge >= 0.3 is 0 Å². The van der Waals surface area contributed by atoms with Crippen molar-refractivity contribution >= 4 is 5.91 Å². The van der Waals surface area contributed by atoms with Crippen LogP contribution in [0.5, 0.6) is 0 Å². The Bertz CT molecular complexity index is 190. The lowest BCUT2D eigenvalue weighted by atomic mass is 9.86. The average molecular weight is 200 g/mol. The minimum atomic E-state index is -0.412. The Morgan fingerprint density at radius 3 is 2.00 bits per heavy atom. The highest BCUT2D eigenvalue weighted by Gasteiger charge is 2.31. The maximum atomic E-state index is 12.0. The number of likely N-dealkylation sites (N-methyl/N-ethyl adjacent to an activating group) is 1. The Kier molecular flexibility index (Phi) is 4.59. The number of nitrogens with two attached hydrogens (primary N) is 1. The number of nitrogens with zero attached hydrogens (tertiary/aromatic N) is 1. The number of hydrogen-bond acceptors (Lipinski definition) is 2. The van der Waals surface area contributed by atoms with Gasteiger partial charge in [0, 0.05) is 12.6 Å². The summed E-state index contributed by atoms with van der Waals surface area (Å²) >= 11 is 0. The fourth-order valence-corrected chi connectivity index (χ4v) is 1.32. The van der Waals surface area contributed by atoms with Gasteiger partial charge in [-0.2, -0.15) is 0 Å². The Morgan fingerprint density at radius 1 is 1.36 bits per heavy atom. The molecule has 2 N–H and O–H groups in total. The minimum Gasteiger partial charge on any atom is -0.339 e. The third-order valence-corrected chi connectivity index (χ3v) is 2.45. The molecule has 0 fully saturated rings. The van der Waals surface area contributed by atoms with Gasteiger partial charge in [-0.3, -0.25) is 4.79 Å². The molecule has 0 saturated carbocycles. The molecule has 0 aromatic rings. The first kappa shape index (κ1) is 13.4. The summed E-state index contributed by atoms with van der Waals surface area (Å²) in [4.78, 5) is 13.8. The van der Waals surface area contributed by atoms with Gasteiger partial charge in [-0.25, -0.2) is 0 Å². The second-order valence-electron chi connectivity index (χ2n) is 5.06. The van der Waals surface area contributed by atoms with Crippen LogP contribution in [-0.2, 0) is 4.79 Å². The van der Waals surface area contributed by atoms with E-state index in [-0.39, 0.29) is 17.4 Å². The maximum Gasteiger partial charge on any atom is 0.240 e. The summed E-state index contributed by atoms with van der Waals surface area (Å²) in [5.41, 5.74) is 5.75. The van der Waals surface area contributed by atoms with Gasteiger partial charge in [-0.1, -0.05) is 20.8 Å². The Balaban J connectivity index is 4.59. The first-order chi connectivity index (χ1) is 6.21. The zero-order chi connectivity index (χ0) is 11.5. The minimum absolute atomic E-state index is 0.0509. The van der Waals surface area contributed by atoms with Gasteiger partial charge in [-0.15, -0.1) is 0 Å². The van der Waals surface area contributed by atoms with Crippen LogP contribution < -0.4 is 5.73 Å². The molecule has 0 rings (SSSR count). The van der Waals surface area contributed by atoms with Gasteiger partial charge < -0.3 is 10.6 Å². The van der Waals surface area contributed by atoms with Gasteiger partial charge in [0.05, 0.1) is 6.04 Å². The van der Waals surface area contributed by atoms with Crippen LogP contribution in [0.3, 0.4) is 0 Å². The second kappa shape index (κ2) is 4.78. The number of carbonyl (C=O) groups excluding carboxylic acids is 1. The van der Waals surface area contributed by atoms with Gasteiger partial charge in [0.1, 0.15) is 0 Å². The molecule has 14 heavy (non-hydrogen) atoms. The van der Waals surface area contributed by atoms with E-state index in [1.165, 1.54) is 0 Å². The molecule has 3 heteroatoms. The van der Waals surface area contributed by atoms with Crippen molar-refractivity contribution in [2.45, 2.75) is 53.6 Å². The van der Waals surface area contributed by atoms with Crippen molar-refractivity contribution in [1.29, 1.82) is 0 Å². The van der Waals surface area contributed by atoms with Gasteiger partial charge in [0.15, 0.2) is 0 Å². The molecule has 1 atom stereocenters. The molecule has 0 saturated heterocycles. The smallest absolute Gasteiger partial charge is 0.240 e. The van der Waals surface area contributed by atoms with Crippen molar-refractivity contribution < 1.29 is 4.79 Å². The summed E-state index contributed by atoms with van der Waals surface area (Å²) in [5.74, 6) is 0.0509. The van der Waals surface area contributed by atoms with E-state index in [0.717, 1.165) is 6.54 Å². The lowest BCUT2D eigenvalue weighted by molar-refractivity contribution is -0.136. The number of carbonyl (C=O) groups is 1. The molecule has 0 aliphatic rings. The highest BCUT2D eigenvalue weighted by Crippen LogP contribution is 2.19.